The molecule has 2 heterocycles. The van der Waals surface area contributed by atoms with Gasteiger partial charge in [0.1, 0.15) is 0 Å². The maximum atomic E-state index is 12.1. The Labute approximate surface area is 151 Å². The summed E-state index contributed by atoms with van der Waals surface area (Å²) in [5.41, 5.74) is 1.12. The van der Waals surface area contributed by atoms with Crippen molar-refractivity contribution in [2.75, 3.05) is 19.6 Å². The summed E-state index contributed by atoms with van der Waals surface area (Å²) in [6.45, 7) is 2.12. The van der Waals surface area contributed by atoms with Gasteiger partial charge in [-0.15, -0.1) is 0 Å². The zero-order valence-corrected chi connectivity index (χ0v) is 14.4. The molecule has 138 valence electrons. The minimum absolute atomic E-state index is 0.0843. The van der Waals surface area contributed by atoms with Crippen LogP contribution in [0.25, 0.3) is 11.4 Å². The van der Waals surface area contributed by atoms with Gasteiger partial charge in [-0.1, -0.05) is 17.3 Å². The van der Waals surface area contributed by atoms with E-state index in [-0.39, 0.29) is 18.9 Å². The molecule has 1 aliphatic rings. The number of benzene rings is 1. The zero-order valence-electron chi connectivity index (χ0n) is 14.4. The number of nitrogens with zero attached hydrogens (tertiary/aromatic N) is 2. The smallest absolute Gasteiger partial charge is 0.305 e. The quantitative estimate of drug-likeness (QED) is 0.686. The minimum atomic E-state index is -0.952. The number of aliphatic carboxylic acids is 1. The molecule has 0 bridgehead atoms. The highest BCUT2D eigenvalue weighted by atomic mass is 16.5. The monoisotopic (exact) mass is 358 g/mol. The Morgan fingerprint density at radius 3 is 2.88 bits per heavy atom. The molecule has 3 rings (SSSR count). The number of carboxylic acids is 1. The number of carbonyl (C=O) groups excluding carboxylic acids is 1. The van der Waals surface area contributed by atoms with Crippen LogP contribution < -0.4 is 10.6 Å². The number of carboxylic acid groups (broad SMARTS) is 1. The van der Waals surface area contributed by atoms with Gasteiger partial charge < -0.3 is 20.3 Å². The van der Waals surface area contributed by atoms with Crippen molar-refractivity contribution in [3.05, 3.63) is 35.7 Å². The molecule has 1 aliphatic heterocycles. The number of piperidine rings is 1. The Hall–Kier alpha value is -2.74. The Kier molecular flexibility index (Phi) is 5.96. The molecular formula is C18H22N4O4. The van der Waals surface area contributed by atoms with E-state index < -0.39 is 5.97 Å². The third-order valence-corrected chi connectivity index (χ3v) is 4.40. The van der Waals surface area contributed by atoms with Crippen LogP contribution >= 0.6 is 0 Å². The number of aromatic nitrogens is 2. The molecular weight excluding hydrogens is 336 g/mol. The molecule has 1 saturated heterocycles. The molecule has 0 aliphatic carbocycles. The number of amides is 1. The van der Waals surface area contributed by atoms with E-state index in [1.165, 1.54) is 0 Å². The van der Waals surface area contributed by atoms with Gasteiger partial charge in [-0.25, -0.2) is 0 Å². The summed E-state index contributed by atoms with van der Waals surface area (Å²) in [5, 5.41) is 18.6. The van der Waals surface area contributed by atoms with Crippen molar-refractivity contribution in [2.45, 2.75) is 25.7 Å². The summed E-state index contributed by atoms with van der Waals surface area (Å²) < 4.78 is 5.37. The topological polar surface area (TPSA) is 117 Å². The molecule has 1 aromatic heterocycles. The van der Waals surface area contributed by atoms with Crippen molar-refractivity contribution in [3.8, 4) is 11.4 Å². The van der Waals surface area contributed by atoms with Gasteiger partial charge in [-0.05, 0) is 44.0 Å². The summed E-state index contributed by atoms with van der Waals surface area (Å²) in [6, 6.07) is 6.89. The van der Waals surface area contributed by atoms with E-state index in [9.17, 15) is 9.59 Å². The van der Waals surface area contributed by atoms with E-state index in [0.29, 0.717) is 28.8 Å². The van der Waals surface area contributed by atoms with E-state index in [1.807, 2.05) is 6.07 Å². The Morgan fingerprint density at radius 2 is 2.12 bits per heavy atom. The minimum Gasteiger partial charge on any atom is -0.481 e. The fraction of sp³-hybridized carbons (Fsp3) is 0.444. The highest BCUT2D eigenvalue weighted by Gasteiger charge is 2.18. The molecule has 1 fully saturated rings. The molecule has 2 aromatic rings. The number of hydrogen-bond donors (Lipinski definition) is 3. The van der Waals surface area contributed by atoms with E-state index in [0.717, 1.165) is 32.4 Å². The van der Waals surface area contributed by atoms with Crippen LogP contribution in [0.5, 0.6) is 0 Å². The van der Waals surface area contributed by atoms with Crippen LogP contribution in [0.2, 0.25) is 0 Å². The summed E-state index contributed by atoms with van der Waals surface area (Å²) in [7, 11) is 0. The van der Waals surface area contributed by atoms with Crippen LogP contribution in [0.15, 0.2) is 28.8 Å². The Balaban J connectivity index is 1.64. The van der Waals surface area contributed by atoms with Crippen molar-refractivity contribution in [2.24, 2.45) is 5.92 Å². The van der Waals surface area contributed by atoms with Gasteiger partial charge in [0.2, 0.25) is 11.7 Å². The van der Waals surface area contributed by atoms with Gasteiger partial charge in [0.25, 0.3) is 5.91 Å². The van der Waals surface area contributed by atoms with Gasteiger partial charge in [0.15, 0.2) is 0 Å². The summed E-state index contributed by atoms with van der Waals surface area (Å²) in [4.78, 5) is 27.1. The molecule has 8 nitrogen and oxygen atoms in total. The second-order valence-corrected chi connectivity index (χ2v) is 6.39. The second-order valence-electron chi connectivity index (χ2n) is 6.39. The van der Waals surface area contributed by atoms with Crippen molar-refractivity contribution >= 4 is 11.9 Å². The van der Waals surface area contributed by atoms with E-state index in [4.69, 9.17) is 9.63 Å². The highest BCUT2D eigenvalue weighted by Crippen LogP contribution is 2.21. The fourth-order valence-corrected chi connectivity index (χ4v) is 2.97. The summed E-state index contributed by atoms with van der Waals surface area (Å²) >= 11 is 0. The van der Waals surface area contributed by atoms with Crippen LogP contribution in [0.1, 0.15) is 35.5 Å². The number of rotatable bonds is 7. The molecule has 0 spiro atoms. The molecule has 0 radical (unpaired) electrons. The van der Waals surface area contributed by atoms with Crippen molar-refractivity contribution < 1.29 is 19.2 Å². The number of hydrogen-bond acceptors (Lipinski definition) is 6. The molecule has 0 atom stereocenters. The van der Waals surface area contributed by atoms with Gasteiger partial charge >= 0.3 is 5.97 Å². The van der Waals surface area contributed by atoms with Crippen LogP contribution in [0, 0.1) is 5.92 Å². The lowest BCUT2D eigenvalue weighted by atomic mass is 9.95. The Morgan fingerprint density at radius 1 is 1.31 bits per heavy atom. The lowest BCUT2D eigenvalue weighted by molar-refractivity contribution is -0.136. The van der Waals surface area contributed by atoms with E-state index >= 15 is 0 Å². The summed E-state index contributed by atoms with van der Waals surface area (Å²) in [6.07, 6.45) is 2.85. The molecule has 1 aromatic carbocycles. The first kappa shape index (κ1) is 18.1. The maximum absolute atomic E-state index is 12.1. The molecule has 1 amide bonds. The first-order valence-corrected chi connectivity index (χ1v) is 8.75. The van der Waals surface area contributed by atoms with Gasteiger partial charge in [-0.3, -0.25) is 9.59 Å². The predicted octanol–water partition coefficient (Wildman–Crippen LogP) is 1.48. The molecule has 3 N–H and O–H groups in total. The Bertz CT molecular complexity index is 768. The second kappa shape index (κ2) is 8.57. The lowest BCUT2D eigenvalue weighted by Crippen LogP contribution is -2.28. The maximum Gasteiger partial charge on any atom is 0.305 e. The SMILES string of the molecule is O=C(O)CCNC(=O)c1cccc(-c2noc(CC3CCNCC3)n2)c1. The third kappa shape index (κ3) is 4.89. The van der Waals surface area contributed by atoms with Crippen LogP contribution in [0.3, 0.4) is 0 Å². The van der Waals surface area contributed by atoms with E-state index in [1.54, 1.807) is 18.2 Å². The molecule has 0 saturated carbocycles. The van der Waals surface area contributed by atoms with Crippen LogP contribution in [-0.4, -0.2) is 46.8 Å². The third-order valence-electron chi connectivity index (χ3n) is 4.40. The molecule has 0 unspecified atom stereocenters. The molecule has 26 heavy (non-hydrogen) atoms. The largest absolute Gasteiger partial charge is 0.481 e. The van der Waals surface area contributed by atoms with Crippen LogP contribution in [-0.2, 0) is 11.2 Å². The average Bonchev–Trinajstić information content (AvgIpc) is 3.11. The van der Waals surface area contributed by atoms with Crippen molar-refractivity contribution in [1.82, 2.24) is 20.8 Å². The van der Waals surface area contributed by atoms with Crippen LogP contribution in [0.4, 0.5) is 0 Å². The first-order valence-electron chi connectivity index (χ1n) is 8.75. The number of carbonyl (C=O) groups is 2. The van der Waals surface area contributed by atoms with E-state index in [2.05, 4.69) is 20.8 Å². The zero-order chi connectivity index (χ0) is 18.4. The average molecular weight is 358 g/mol. The van der Waals surface area contributed by atoms with Gasteiger partial charge in [-0.2, -0.15) is 4.98 Å². The normalized spacial score (nSPS) is 14.9. The standard InChI is InChI=1S/C18H22N4O4/c23-16(24)6-9-20-18(25)14-3-1-2-13(11-14)17-21-15(26-22-17)10-12-4-7-19-8-5-12/h1-3,11-12,19H,4-10H2,(H,20,25)(H,23,24). The van der Waals surface area contributed by atoms with Gasteiger partial charge in [0, 0.05) is 24.1 Å². The summed E-state index contributed by atoms with van der Waals surface area (Å²) in [5.74, 6) is 0.340. The lowest BCUT2D eigenvalue weighted by Gasteiger charge is -2.20. The first-order chi connectivity index (χ1) is 12.6. The molecule has 8 heteroatoms. The van der Waals surface area contributed by atoms with Gasteiger partial charge in [0.05, 0.1) is 6.42 Å². The highest BCUT2D eigenvalue weighted by molar-refractivity contribution is 5.95. The fourth-order valence-electron chi connectivity index (χ4n) is 2.97. The van der Waals surface area contributed by atoms with Crippen molar-refractivity contribution in [3.63, 3.8) is 0 Å². The number of nitrogens with one attached hydrogen (secondary N) is 2. The predicted molar refractivity (Wildman–Crippen MR) is 93.6 cm³/mol. The van der Waals surface area contributed by atoms with Crippen molar-refractivity contribution in [1.29, 1.82) is 0 Å².